The van der Waals surface area contributed by atoms with Gasteiger partial charge in [-0.05, 0) is 29.0 Å². The van der Waals surface area contributed by atoms with Crippen molar-refractivity contribution in [3.8, 4) is 17.2 Å². The Balaban J connectivity index is 0.00000168. The molecule has 1 aromatic carbocycles. The van der Waals surface area contributed by atoms with Gasteiger partial charge >= 0.3 is 37.7 Å². The second kappa shape index (κ2) is 6.08. The first kappa shape index (κ1) is 18.5. The minimum atomic E-state index is -4.58. The number of carbonyl (C=O) groups is 1. The van der Waals surface area contributed by atoms with Gasteiger partial charge in [0.25, 0.3) is 13.7 Å². The first-order chi connectivity index (χ1) is 11.9. The number of nitrogens with one attached hydrogen (secondary N) is 1. The zero-order valence-corrected chi connectivity index (χ0v) is 16.1. The van der Waals surface area contributed by atoms with Gasteiger partial charge in [-0.25, -0.2) is 0 Å². The maximum absolute atomic E-state index is 12.5. The van der Waals surface area contributed by atoms with Crippen molar-refractivity contribution < 1.29 is 43.0 Å². The Morgan fingerprint density at radius 1 is 1.27 bits per heavy atom. The van der Waals surface area contributed by atoms with Crippen molar-refractivity contribution in [2.75, 3.05) is 6.79 Å². The molecule has 1 fully saturated rings. The number of fused-ring (bicyclic) bond motifs is 6. The number of aliphatic hydroxyl groups is 1. The van der Waals surface area contributed by atoms with Gasteiger partial charge < -0.3 is 38.9 Å². The Morgan fingerprint density at radius 2 is 2.00 bits per heavy atom. The smallest absolute Gasteiger partial charge is 0.869 e. The molecule has 2 N–H and O–H groups in total. The summed E-state index contributed by atoms with van der Waals surface area (Å²) >= 11 is 0. The van der Waals surface area contributed by atoms with E-state index >= 15 is 0 Å². The summed E-state index contributed by atoms with van der Waals surface area (Å²) in [6.45, 7) is -0.138. The van der Waals surface area contributed by atoms with Crippen LogP contribution in [-0.2, 0) is 13.6 Å². The van der Waals surface area contributed by atoms with Gasteiger partial charge in [0.1, 0.15) is 18.3 Å². The first-order valence-corrected chi connectivity index (χ1v) is 8.84. The SMILES string of the molecule is O=C1N[C@@H]2C(=C[C@H](O)[C@H]3OP(=O)([O-])O[C@H]32)c2cc3c(c([O-])c21)OCO3.[Ca+2]. The van der Waals surface area contributed by atoms with Gasteiger partial charge in [0.2, 0.25) is 6.79 Å². The molecule has 1 aliphatic carbocycles. The molecule has 26 heavy (non-hydrogen) atoms. The summed E-state index contributed by atoms with van der Waals surface area (Å²) in [6, 6.07) is 0.578. The molecule has 0 spiro atoms. The molecule has 1 aromatic rings. The van der Waals surface area contributed by atoms with Crippen molar-refractivity contribution in [3.05, 3.63) is 23.3 Å². The summed E-state index contributed by atoms with van der Waals surface area (Å²) in [6.07, 6.45) is -2.24. The molecule has 5 rings (SSSR count). The van der Waals surface area contributed by atoms with Gasteiger partial charge in [-0.15, -0.1) is 0 Å². The van der Waals surface area contributed by atoms with Gasteiger partial charge in [-0.1, -0.05) is 0 Å². The normalized spacial score (nSPS) is 36.2. The van der Waals surface area contributed by atoms with Crippen LogP contribution < -0.4 is 24.8 Å². The molecule has 0 aromatic heterocycles. The number of rotatable bonds is 0. The van der Waals surface area contributed by atoms with E-state index in [1.54, 1.807) is 0 Å². The predicted octanol–water partition coefficient (Wildman–Crippen LogP) is -1.77. The fourth-order valence-corrected chi connectivity index (χ4v) is 4.74. The average molecular weight is 407 g/mol. The van der Waals surface area contributed by atoms with E-state index in [4.69, 9.17) is 18.5 Å². The third kappa shape index (κ3) is 2.52. The molecule has 132 valence electrons. The summed E-state index contributed by atoms with van der Waals surface area (Å²) in [4.78, 5) is 24.1. The van der Waals surface area contributed by atoms with Crippen LogP contribution in [0.15, 0.2) is 12.1 Å². The summed E-state index contributed by atoms with van der Waals surface area (Å²) in [5, 5.41) is 25.3. The van der Waals surface area contributed by atoms with Gasteiger partial charge in [-0.2, -0.15) is 0 Å². The molecule has 0 bridgehead atoms. The van der Waals surface area contributed by atoms with Crippen molar-refractivity contribution in [3.63, 3.8) is 0 Å². The third-order valence-electron chi connectivity index (χ3n) is 4.62. The fraction of sp³-hybridized carbons (Fsp3) is 0.357. The number of amides is 1. The van der Waals surface area contributed by atoms with Crippen molar-refractivity contribution in [2.45, 2.75) is 24.4 Å². The molecular formula is C14H10CaNO9P. The van der Waals surface area contributed by atoms with E-state index in [9.17, 15) is 24.5 Å². The fourth-order valence-electron chi connectivity index (χ4n) is 3.61. The van der Waals surface area contributed by atoms with Crippen LogP contribution in [-0.4, -0.2) is 79.9 Å². The molecule has 0 saturated carbocycles. The molecule has 5 atom stereocenters. The predicted molar refractivity (Wildman–Crippen MR) is 80.4 cm³/mol. The van der Waals surface area contributed by atoms with Crippen molar-refractivity contribution >= 4 is 57.0 Å². The van der Waals surface area contributed by atoms with Gasteiger partial charge in [0.15, 0.2) is 11.5 Å². The number of hydrogen-bond acceptors (Lipinski definition) is 9. The van der Waals surface area contributed by atoms with E-state index in [0.29, 0.717) is 5.57 Å². The van der Waals surface area contributed by atoms with Crippen LogP contribution in [0.25, 0.3) is 5.57 Å². The van der Waals surface area contributed by atoms with E-state index in [1.165, 1.54) is 12.1 Å². The third-order valence-corrected chi connectivity index (χ3v) is 5.62. The zero-order valence-electron chi connectivity index (χ0n) is 13.0. The van der Waals surface area contributed by atoms with E-state index in [2.05, 4.69) is 5.32 Å². The van der Waals surface area contributed by atoms with Crippen LogP contribution in [0.5, 0.6) is 17.2 Å². The Hall–Kier alpha value is -0.840. The minimum Gasteiger partial charge on any atom is -0.869 e. The van der Waals surface area contributed by atoms with Crippen molar-refractivity contribution in [2.24, 2.45) is 0 Å². The molecule has 12 heteroatoms. The zero-order chi connectivity index (χ0) is 17.5. The van der Waals surface area contributed by atoms with Crippen molar-refractivity contribution in [1.82, 2.24) is 5.32 Å². The molecule has 1 saturated heterocycles. The number of phosphoric acid groups is 1. The number of aliphatic hydroxyl groups excluding tert-OH is 1. The molecule has 1 unspecified atom stereocenters. The molecule has 3 aliphatic heterocycles. The summed E-state index contributed by atoms with van der Waals surface area (Å²) in [7, 11) is -4.58. The standard InChI is InChI=1S/C14H12NO9P.Ca/c16-6-1-5-4-2-7-12(22-3-21-7)10(17)8(4)14(18)15-9(5)13-11(6)23-25(19,20)24-13;/h1-2,6,9,11,13,16-17H,3H2,(H,15,18)(H,19,20);/q;+2/p-2/t6-,9+,11+,13-;/m0./s1. The maximum atomic E-state index is 12.5. The maximum Gasteiger partial charge on any atom is 2.00 e. The summed E-state index contributed by atoms with van der Waals surface area (Å²) in [5.41, 5.74) is 0.461. The van der Waals surface area contributed by atoms with Gasteiger partial charge in [-0.3, -0.25) is 9.36 Å². The molecule has 3 heterocycles. The Bertz CT molecular complexity index is 903. The minimum absolute atomic E-state index is 0. The molecular weight excluding hydrogens is 397 g/mol. The summed E-state index contributed by atoms with van der Waals surface area (Å²) < 4.78 is 31.6. The Labute approximate surface area is 176 Å². The largest absolute Gasteiger partial charge is 2.00 e. The molecule has 0 radical (unpaired) electrons. The number of benzene rings is 1. The van der Waals surface area contributed by atoms with Crippen molar-refractivity contribution in [1.29, 1.82) is 0 Å². The second-order valence-electron chi connectivity index (χ2n) is 6.01. The average Bonchev–Trinajstić information content (AvgIpc) is 3.12. The van der Waals surface area contributed by atoms with Crippen LogP contribution in [0.3, 0.4) is 0 Å². The Kier molecular flexibility index (Phi) is 4.33. The Morgan fingerprint density at radius 3 is 2.77 bits per heavy atom. The quantitative estimate of drug-likeness (QED) is 0.376. The van der Waals surface area contributed by atoms with E-state index < -0.39 is 43.8 Å². The number of carbonyl (C=O) groups excluding carboxylic acids is 1. The van der Waals surface area contributed by atoms with E-state index in [1.807, 2.05) is 0 Å². The van der Waals surface area contributed by atoms with Crippen LogP contribution >= 0.6 is 7.82 Å². The molecule has 10 nitrogen and oxygen atoms in total. The molecule has 4 aliphatic rings. The number of hydrogen-bond donors (Lipinski definition) is 2. The van der Waals surface area contributed by atoms with Gasteiger partial charge in [0, 0.05) is 5.56 Å². The first-order valence-electron chi connectivity index (χ1n) is 7.38. The van der Waals surface area contributed by atoms with Crippen LogP contribution in [0.2, 0.25) is 0 Å². The van der Waals surface area contributed by atoms with E-state index in [-0.39, 0.29) is 67.2 Å². The van der Waals surface area contributed by atoms with Crippen LogP contribution in [0.1, 0.15) is 15.9 Å². The monoisotopic (exact) mass is 407 g/mol. The second-order valence-corrected chi connectivity index (χ2v) is 7.33. The summed E-state index contributed by atoms with van der Waals surface area (Å²) in [5.74, 6) is -1.18. The topological polar surface area (TPSA) is 149 Å². The van der Waals surface area contributed by atoms with Gasteiger partial charge in [0.05, 0.1) is 6.04 Å². The number of ether oxygens (including phenoxy) is 2. The van der Waals surface area contributed by atoms with Crippen LogP contribution in [0, 0.1) is 0 Å². The molecule has 1 amide bonds. The van der Waals surface area contributed by atoms with Crippen LogP contribution in [0.4, 0.5) is 0 Å². The number of phosphoric ester groups is 1. The van der Waals surface area contributed by atoms with E-state index in [0.717, 1.165) is 0 Å².